The molecule has 1 aliphatic rings. The lowest BCUT2D eigenvalue weighted by molar-refractivity contribution is 0.0799. The second kappa shape index (κ2) is 5.68. The Kier molecular flexibility index (Phi) is 3.78. The zero-order valence-corrected chi connectivity index (χ0v) is 14.6. The van der Waals surface area contributed by atoms with E-state index in [1.54, 1.807) is 6.07 Å². The number of halogens is 3. The Labute approximate surface area is 149 Å². The molecule has 1 nitrogen and oxygen atoms in total. The van der Waals surface area contributed by atoms with Gasteiger partial charge in [0.15, 0.2) is 0 Å². The third-order valence-corrected chi connectivity index (χ3v) is 5.11. The highest BCUT2D eigenvalue weighted by Crippen LogP contribution is 2.45. The molecular weight excluding hydrogens is 351 g/mol. The smallest absolute Gasteiger partial charge is 0.0811 e. The van der Waals surface area contributed by atoms with Crippen LogP contribution in [0.3, 0.4) is 0 Å². The summed E-state index contributed by atoms with van der Waals surface area (Å²) in [7, 11) is 0. The summed E-state index contributed by atoms with van der Waals surface area (Å²) in [5.74, 6) is 0. The molecular formula is C19H13Cl3O. The van der Waals surface area contributed by atoms with Gasteiger partial charge < -0.3 is 4.74 Å². The predicted molar refractivity (Wildman–Crippen MR) is 97.6 cm³/mol. The summed E-state index contributed by atoms with van der Waals surface area (Å²) < 4.78 is 5.85. The van der Waals surface area contributed by atoms with E-state index < -0.39 is 0 Å². The van der Waals surface area contributed by atoms with Crippen molar-refractivity contribution in [3.8, 4) is 11.1 Å². The van der Waals surface area contributed by atoms with E-state index in [1.165, 1.54) is 11.1 Å². The van der Waals surface area contributed by atoms with Gasteiger partial charge in [0.25, 0.3) is 0 Å². The molecule has 1 heterocycles. The van der Waals surface area contributed by atoms with Crippen molar-refractivity contribution >= 4 is 45.6 Å². The SMILES string of the molecule is CC1OCc2cc3c(Cl)cc(Cl)cc3c(-c3ccc(Cl)cc3)c21. The average molecular weight is 364 g/mol. The molecule has 0 saturated heterocycles. The molecule has 0 radical (unpaired) electrons. The molecule has 0 spiro atoms. The molecule has 0 amide bonds. The van der Waals surface area contributed by atoms with Gasteiger partial charge in [-0.3, -0.25) is 0 Å². The molecule has 3 aromatic carbocycles. The first kappa shape index (κ1) is 15.3. The summed E-state index contributed by atoms with van der Waals surface area (Å²) in [6, 6.07) is 13.7. The van der Waals surface area contributed by atoms with Crippen LogP contribution in [0.25, 0.3) is 21.9 Å². The molecule has 0 saturated carbocycles. The fourth-order valence-corrected chi connectivity index (χ4v) is 3.98. The number of hydrogen-bond acceptors (Lipinski definition) is 1. The topological polar surface area (TPSA) is 9.23 Å². The largest absolute Gasteiger partial charge is 0.369 e. The van der Waals surface area contributed by atoms with Gasteiger partial charge in [0, 0.05) is 20.5 Å². The summed E-state index contributed by atoms with van der Waals surface area (Å²) in [4.78, 5) is 0. The van der Waals surface area contributed by atoms with Crippen LogP contribution in [0, 0.1) is 0 Å². The molecule has 0 bridgehead atoms. The summed E-state index contributed by atoms with van der Waals surface area (Å²) in [6.07, 6.45) is 0.0397. The molecule has 3 aromatic rings. The Bertz CT molecular complexity index is 916. The fourth-order valence-electron chi connectivity index (χ4n) is 3.31. The van der Waals surface area contributed by atoms with Gasteiger partial charge in [0.05, 0.1) is 12.7 Å². The van der Waals surface area contributed by atoms with E-state index in [-0.39, 0.29) is 6.10 Å². The molecule has 23 heavy (non-hydrogen) atoms. The lowest BCUT2D eigenvalue weighted by Crippen LogP contribution is -1.95. The maximum absolute atomic E-state index is 6.44. The summed E-state index contributed by atoms with van der Waals surface area (Å²) in [6.45, 7) is 2.68. The highest BCUT2D eigenvalue weighted by atomic mass is 35.5. The van der Waals surface area contributed by atoms with Crippen LogP contribution >= 0.6 is 34.8 Å². The number of rotatable bonds is 1. The van der Waals surface area contributed by atoms with E-state index in [2.05, 4.69) is 13.0 Å². The molecule has 0 fully saturated rings. The summed E-state index contributed by atoms with van der Waals surface area (Å²) >= 11 is 18.7. The van der Waals surface area contributed by atoms with E-state index in [4.69, 9.17) is 39.5 Å². The van der Waals surface area contributed by atoms with Gasteiger partial charge in [-0.25, -0.2) is 0 Å². The molecule has 0 aliphatic carbocycles. The Hall–Kier alpha value is -1.25. The fraction of sp³-hybridized carbons (Fsp3) is 0.158. The monoisotopic (exact) mass is 362 g/mol. The van der Waals surface area contributed by atoms with Crippen LogP contribution in [0.15, 0.2) is 42.5 Å². The number of hydrogen-bond donors (Lipinski definition) is 0. The van der Waals surface area contributed by atoms with Gasteiger partial charge in [-0.1, -0.05) is 46.9 Å². The molecule has 0 aromatic heterocycles. The molecule has 4 heteroatoms. The maximum Gasteiger partial charge on any atom is 0.0811 e. The van der Waals surface area contributed by atoms with E-state index >= 15 is 0 Å². The van der Waals surface area contributed by atoms with Crippen molar-refractivity contribution in [1.82, 2.24) is 0 Å². The zero-order valence-electron chi connectivity index (χ0n) is 12.4. The Morgan fingerprint density at radius 3 is 2.39 bits per heavy atom. The summed E-state index contributed by atoms with van der Waals surface area (Å²) in [5, 5.41) is 4.04. The molecule has 116 valence electrons. The second-order valence-corrected chi connectivity index (χ2v) is 7.05. The Morgan fingerprint density at radius 2 is 1.65 bits per heavy atom. The van der Waals surface area contributed by atoms with Crippen molar-refractivity contribution in [1.29, 1.82) is 0 Å². The third-order valence-electron chi connectivity index (χ3n) is 4.33. The van der Waals surface area contributed by atoms with Crippen molar-refractivity contribution in [2.75, 3.05) is 0 Å². The highest BCUT2D eigenvalue weighted by Gasteiger charge is 2.26. The van der Waals surface area contributed by atoms with Gasteiger partial charge >= 0.3 is 0 Å². The molecule has 1 unspecified atom stereocenters. The van der Waals surface area contributed by atoms with Crippen LogP contribution in [0.2, 0.25) is 15.1 Å². The van der Waals surface area contributed by atoms with Crippen LogP contribution in [-0.4, -0.2) is 0 Å². The van der Waals surface area contributed by atoms with Crippen molar-refractivity contribution < 1.29 is 4.74 Å². The highest BCUT2D eigenvalue weighted by molar-refractivity contribution is 6.39. The lowest BCUT2D eigenvalue weighted by Gasteiger charge is -2.16. The average Bonchev–Trinajstić information content (AvgIpc) is 2.88. The number of benzene rings is 3. The standard InChI is InChI=1S/C19H13Cl3O/c1-10-18-12(9-23-10)6-15-16(7-14(21)8-17(15)22)19(18)11-2-4-13(20)5-3-11/h2-8,10H,9H2,1H3. The van der Waals surface area contributed by atoms with Crippen molar-refractivity contribution in [3.05, 3.63) is 68.7 Å². The number of ether oxygens (including phenoxy) is 1. The minimum Gasteiger partial charge on any atom is -0.369 e. The van der Waals surface area contributed by atoms with Crippen molar-refractivity contribution in [3.63, 3.8) is 0 Å². The third kappa shape index (κ3) is 2.53. The van der Waals surface area contributed by atoms with Crippen LogP contribution in [0.1, 0.15) is 24.2 Å². The van der Waals surface area contributed by atoms with Gasteiger partial charge in [0.2, 0.25) is 0 Å². The summed E-state index contributed by atoms with van der Waals surface area (Å²) in [5.41, 5.74) is 4.60. The Balaban J connectivity index is 2.15. The van der Waals surface area contributed by atoms with E-state index in [1.807, 2.05) is 30.3 Å². The predicted octanol–water partition coefficient (Wildman–Crippen LogP) is 7.06. The van der Waals surface area contributed by atoms with Gasteiger partial charge in [-0.05, 0) is 64.9 Å². The normalized spacial score (nSPS) is 16.8. The molecule has 0 N–H and O–H groups in total. The van der Waals surface area contributed by atoms with Crippen LogP contribution < -0.4 is 0 Å². The minimum absolute atomic E-state index is 0.0397. The molecule has 1 atom stereocenters. The van der Waals surface area contributed by atoms with E-state index in [0.29, 0.717) is 21.7 Å². The van der Waals surface area contributed by atoms with Crippen LogP contribution in [0.5, 0.6) is 0 Å². The van der Waals surface area contributed by atoms with Crippen molar-refractivity contribution in [2.45, 2.75) is 19.6 Å². The van der Waals surface area contributed by atoms with Gasteiger partial charge in [-0.15, -0.1) is 0 Å². The first-order chi connectivity index (χ1) is 11.0. The number of fused-ring (bicyclic) bond motifs is 2. The van der Waals surface area contributed by atoms with Gasteiger partial charge in [0.1, 0.15) is 0 Å². The second-order valence-electron chi connectivity index (χ2n) is 5.77. The van der Waals surface area contributed by atoms with Crippen molar-refractivity contribution in [2.24, 2.45) is 0 Å². The van der Waals surface area contributed by atoms with Crippen LogP contribution in [0.4, 0.5) is 0 Å². The van der Waals surface area contributed by atoms with Gasteiger partial charge in [-0.2, -0.15) is 0 Å². The van der Waals surface area contributed by atoms with E-state index in [0.717, 1.165) is 21.9 Å². The zero-order chi connectivity index (χ0) is 16.1. The first-order valence-corrected chi connectivity index (χ1v) is 8.50. The molecule has 1 aliphatic heterocycles. The quantitative estimate of drug-likeness (QED) is 0.449. The van der Waals surface area contributed by atoms with Crippen LogP contribution in [-0.2, 0) is 11.3 Å². The lowest BCUT2D eigenvalue weighted by atomic mass is 9.89. The first-order valence-electron chi connectivity index (χ1n) is 7.36. The molecule has 4 rings (SSSR count). The maximum atomic E-state index is 6.44. The minimum atomic E-state index is 0.0397. The van der Waals surface area contributed by atoms with E-state index in [9.17, 15) is 0 Å². The Morgan fingerprint density at radius 1 is 0.913 bits per heavy atom.